The van der Waals surface area contributed by atoms with Crippen LogP contribution in [0.2, 0.25) is 0 Å². The minimum Gasteiger partial charge on any atom is -0.478 e. The number of amides is 3. The SMILES string of the molecule is CC(NC(N)=O)C(=O)NCCc1ccc(C(=O)O)cc1. The van der Waals surface area contributed by atoms with Gasteiger partial charge in [0.2, 0.25) is 5.91 Å². The van der Waals surface area contributed by atoms with Crippen molar-refractivity contribution in [1.82, 2.24) is 10.6 Å². The fourth-order valence-electron chi connectivity index (χ4n) is 1.58. The van der Waals surface area contributed by atoms with Gasteiger partial charge < -0.3 is 21.5 Å². The minimum atomic E-state index is -0.976. The van der Waals surface area contributed by atoms with Gasteiger partial charge in [0.15, 0.2) is 0 Å². The Morgan fingerprint density at radius 1 is 1.25 bits per heavy atom. The van der Waals surface area contributed by atoms with Crippen LogP contribution in [0.5, 0.6) is 0 Å². The van der Waals surface area contributed by atoms with Gasteiger partial charge in [-0.05, 0) is 31.0 Å². The molecular weight excluding hydrogens is 262 g/mol. The molecular formula is C13H17N3O4. The first-order valence-corrected chi connectivity index (χ1v) is 6.06. The van der Waals surface area contributed by atoms with Crippen molar-refractivity contribution in [3.05, 3.63) is 35.4 Å². The topological polar surface area (TPSA) is 122 Å². The van der Waals surface area contributed by atoms with Crippen molar-refractivity contribution in [3.63, 3.8) is 0 Å². The monoisotopic (exact) mass is 279 g/mol. The predicted octanol–water partition coefficient (Wildman–Crippen LogP) is 0.100. The number of primary amides is 1. The van der Waals surface area contributed by atoms with E-state index in [9.17, 15) is 14.4 Å². The molecule has 0 bridgehead atoms. The number of hydrogen-bond donors (Lipinski definition) is 4. The number of benzene rings is 1. The second-order valence-electron chi connectivity index (χ2n) is 4.27. The zero-order valence-electron chi connectivity index (χ0n) is 11.1. The first-order valence-electron chi connectivity index (χ1n) is 6.06. The number of urea groups is 1. The van der Waals surface area contributed by atoms with Crippen molar-refractivity contribution in [2.75, 3.05) is 6.54 Å². The highest BCUT2D eigenvalue weighted by Crippen LogP contribution is 2.04. The van der Waals surface area contributed by atoms with E-state index in [-0.39, 0.29) is 11.5 Å². The van der Waals surface area contributed by atoms with Gasteiger partial charge in [0.05, 0.1) is 5.56 Å². The third-order valence-corrected chi connectivity index (χ3v) is 2.67. The summed E-state index contributed by atoms with van der Waals surface area (Å²) in [6.07, 6.45) is 0.564. The van der Waals surface area contributed by atoms with Crippen LogP contribution in [0.3, 0.4) is 0 Å². The summed E-state index contributed by atoms with van der Waals surface area (Å²) in [7, 11) is 0. The van der Waals surface area contributed by atoms with Crippen LogP contribution in [0, 0.1) is 0 Å². The first kappa shape index (κ1) is 15.5. The van der Waals surface area contributed by atoms with Crippen LogP contribution >= 0.6 is 0 Å². The molecule has 1 atom stereocenters. The molecule has 0 saturated carbocycles. The zero-order valence-corrected chi connectivity index (χ0v) is 11.1. The Labute approximate surface area is 116 Å². The largest absolute Gasteiger partial charge is 0.478 e. The molecule has 0 aliphatic carbocycles. The molecule has 0 aliphatic rings. The van der Waals surface area contributed by atoms with Crippen molar-refractivity contribution in [1.29, 1.82) is 0 Å². The third-order valence-electron chi connectivity index (χ3n) is 2.67. The highest BCUT2D eigenvalue weighted by Gasteiger charge is 2.12. The van der Waals surface area contributed by atoms with Crippen LogP contribution in [0.15, 0.2) is 24.3 Å². The molecule has 0 spiro atoms. The summed E-state index contributed by atoms with van der Waals surface area (Å²) < 4.78 is 0. The van der Waals surface area contributed by atoms with Gasteiger partial charge in [-0.1, -0.05) is 12.1 Å². The highest BCUT2D eigenvalue weighted by atomic mass is 16.4. The van der Waals surface area contributed by atoms with Crippen LogP contribution in [-0.2, 0) is 11.2 Å². The Bertz CT molecular complexity index is 499. The number of carbonyl (C=O) groups excluding carboxylic acids is 2. The average Bonchev–Trinajstić information content (AvgIpc) is 2.38. The van der Waals surface area contributed by atoms with Crippen LogP contribution in [0.4, 0.5) is 4.79 Å². The van der Waals surface area contributed by atoms with E-state index in [0.29, 0.717) is 13.0 Å². The summed E-state index contributed by atoms with van der Waals surface area (Å²) in [6, 6.07) is 4.97. The van der Waals surface area contributed by atoms with Crippen molar-refractivity contribution in [3.8, 4) is 0 Å². The molecule has 20 heavy (non-hydrogen) atoms. The van der Waals surface area contributed by atoms with Gasteiger partial charge in [0.25, 0.3) is 0 Å². The molecule has 1 rings (SSSR count). The summed E-state index contributed by atoms with van der Waals surface area (Å²) >= 11 is 0. The summed E-state index contributed by atoms with van der Waals surface area (Å²) in [5.74, 6) is -1.30. The Kier molecular flexibility index (Phi) is 5.52. The molecule has 7 heteroatoms. The van der Waals surface area contributed by atoms with Crippen molar-refractivity contribution in [2.45, 2.75) is 19.4 Å². The smallest absolute Gasteiger partial charge is 0.335 e. The molecule has 1 aromatic rings. The van der Waals surface area contributed by atoms with Crippen LogP contribution in [0.1, 0.15) is 22.8 Å². The molecule has 0 aromatic heterocycles. The minimum absolute atomic E-state index is 0.220. The van der Waals surface area contributed by atoms with Gasteiger partial charge in [-0.15, -0.1) is 0 Å². The zero-order chi connectivity index (χ0) is 15.1. The van der Waals surface area contributed by atoms with E-state index in [0.717, 1.165) is 5.56 Å². The van der Waals surface area contributed by atoms with Crippen LogP contribution in [0.25, 0.3) is 0 Å². The molecule has 3 amide bonds. The molecule has 1 unspecified atom stereocenters. The lowest BCUT2D eigenvalue weighted by Crippen LogP contribution is -2.47. The molecule has 0 fully saturated rings. The molecule has 0 aliphatic heterocycles. The van der Waals surface area contributed by atoms with Crippen molar-refractivity contribution < 1.29 is 19.5 Å². The van der Waals surface area contributed by atoms with Gasteiger partial charge >= 0.3 is 12.0 Å². The maximum absolute atomic E-state index is 11.6. The van der Waals surface area contributed by atoms with Crippen molar-refractivity contribution >= 4 is 17.9 Å². The molecule has 7 nitrogen and oxygen atoms in total. The highest BCUT2D eigenvalue weighted by molar-refractivity contribution is 5.87. The summed E-state index contributed by atoms with van der Waals surface area (Å²) in [4.78, 5) is 32.8. The average molecular weight is 279 g/mol. The van der Waals surface area contributed by atoms with E-state index in [4.69, 9.17) is 10.8 Å². The lowest BCUT2D eigenvalue weighted by molar-refractivity contribution is -0.122. The molecule has 0 heterocycles. The fraction of sp³-hybridized carbons (Fsp3) is 0.308. The van der Waals surface area contributed by atoms with Gasteiger partial charge in [-0.3, -0.25) is 4.79 Å². The van der Waals surface area contributed by atoms with E-state index in [1.165, 1.54) is 19.1 Å². The number of rotatable bonds is 6. The number of carboxylic acid groups (broad SMARTS) is 1. The second-order valence-corrected chi connectivity index (χ2v) is 4.27. The normalized spacial score (nSPS) is 11.4. The van der Waals surface area contributed by atoms with Crippen LogP contribution in [-0.4, -0.2) is 35.6 Å². The second kappa shape index (κ2) is 7.13. The van der Waals surface area contributed by atoms with E-state index in [1.807, 2.05) is 0 Å². The standard InChI is InChI=1S/C13H17N3O4/c1-8(16-13(14)20)11(17)15-7-6-9-2-4-10(5-3-9)12(18)19/h2-5,8H,6-7H2,1H3,(H,15,17)(H,18,19)(H3,14,16,20). The summed E-state index contributed by atoms with van der Waals surface area (Å²) in [6.45, 7) is 1.91. The van der Waals surface area contributed by atoms with E-state index in [2.05, 4.69) is 10.6 Å². The fourth-order valence-corrected chi connectivity index (χ4v) is 1.58. The molecule has 108 valence electrons. The predicted molar refractivity (Wildman–Crippen MR) is 72.3 cm³/mol. The quantitative estimate of drug-likeness (QED) is 0.590. The van der Waals surface area contributed by atoms with E-state index >= 15 is 0 Å². The van der Waals surface area contributed by atoms with Gasteiger partial charge in [-0.25, -0.2) is 9.59 Å². The summed E-state index contributed by atoms with van der Waals surface area (Å²) in [5.41, 5.74) is 6.04. The van der Waals surface area contributed by atoms with Gasteiger partial charge in [0, 0.05) is 6.54 Å². The number of nitrogens with two attached hydrogens (primary N) is 1. The Morgan fingerprint density at radius 3 is 2.35 bits per heavy atom. The molecule has 0 radical (unpaired) electrons. The Balaban J connectivity index is 2.38. The number of carboxylic acids is 1. The van der Waals surface area contributed by atoms with E-state index < -0.39 is 18.0 Å². The Morgan fingerprint density at radius 2 is 1.85 bits per heavy atom. The molecule has 5 N–H and O–H groups in total. The lowest BCUT2D eigenvalue weighted by atomic mass is 10.1. The number of hydrogen-bond acceptors (Lipinski definition) is 3. The van der Waals surface area contributed by atoms with Crippen LogP contribution < -0.4 is 16.4 Å². The number of nitrogens with one attached hydrogen (secondary N) is 2. The summed E-state index contributed by atoms with van der Waals surface area (Å²) in [5, 5.41) is 13.7. The number of aromatic carboxylic acids is 1. The third kappa shape index (κ3) is 4.97. The molecule has 0 saturated heterocycles. The van der Waals surface area contributed by atoms with Crippen molar-refractivity contribution in [2.24, 2.45) is 5.73 Å². The Hall–Kier alpha value is -2.57. The van der Waals surface area contributed by atoms with Gasteiger partial charge in [0.1, 0.15) is 6.04 Å². The first-order chi connectivity index (χ1) is 9.40. The maximum atomic E-state index is 11.6. The van der Waals surface area contributed by atoms with Gasteiger partial charge in [-0.2, -0.15) is 0 Å². The number of carbonyl (C=O) groups is 3. The maximum Gasteiger partial charge on any atom is 0.335 e. The van der Waals surface area contributed by atoms with E-state index in [1.54, 1.807) is 12.1 Å². The lowest BCUT2D eigenvalue weighted by Gasteiger charge is -2.12. The molecule has 1 aromatic carbocycles.